The molecule has 0 saturated heterocycles. The third-order valence-corrected chi connectivity index (χ3v) is 5.44. The zero-order valence-electron chi connectivity index (χ0n) is 17.3. The van der Waals surface area contributed by atoms with E-state index in [-0.39, 0.29) is 24.5 Å². The topological polar surface area (TPSA) is 103 Å². The lowest BCUT2D eigenvalue weighted by atomic mass is 10.1. The van der Waals surface area contributed by atoms with Gasteiger partial charge in [0.25, 0.3) is 5.56 Å². The first-order chi connectivity index (χ1) is 15.5. The molecule has 2 aromatic heterocycles. The van der Waals surface area contributed by atoms with Crippen LogP contribution >= 0.6 is 11.3 Å². The Labute approximate surface area is 187 Å². The molecule has 9 heteroatoms. The van der Waals surface area contributed by atoms with Gasteiger partial charge in [0.15, 0.2) is 5.13 Å². The number of nitrogens with zero attached hydrogens (tertiary/aromatic N) is 3. The van der Waals surface area contributed by atoms with Gasteiger partial charge in [-0.05, 0) is 29.8 Å². The maximum atomic E-state index is 12.5. The van der Waals surface area contributed by atoms with Gasteiger partial charge in [0.05, 0.1) is 24.4 Å². The highest BCUT2D eigenvalue weighted by Crippen LogP contribution is 2.22. The van der Waals surface area contributed by atoms with E-state index in [1.807, 2.05) is 42.5 Å². The summed E-state index contributed by atoms with van der Waals surface area (Å²) in [4.78, 5) is 40.5. The van der Waals surface area contributed by atoms with Crippen molar-refractivity contribution in [2.45, 2.75) is 19.9 Å². The smallest absolute Gasteiger partial charge is 0.311 e. The van der Waals surface area contributed by atoms with Crippen molar-refractivity contribution in [3.05, 3.63) is 76.0 Å². The number of rotatable bonds is 7. The average molecular weight is 449 g/mol. The molecule has 0 atom stereocenters. The standard InChI is InChI=1S/C23H20N4O4S/c1-2-31-22(30)12-18-14-32-23(24-18)25-20(28)13-27-21(29)10-9-19(26-27)17-8-7-15-5-3-4-6-16(15)11-17/h3-11,14H,2,12-13H2,1H3,(H,24,25,28). The molecule has 2 aromatic carbocycles. The summed E-state index contributed by atoms with van der Waals surface area (Å²) < 4.78 is 6.01. The zero-order valence-corrected chi connectivity index (χ0v) is 18.1. The highest BCUT2D eigenvalue weighted by molar-refractivity contribution is 7.13. The monoisotopic (exact) mass is 448 g/mol. The van der Waals surface area contributed by atoms with Gasteiger partial charge in [-0.2, -0.15) is 5.10 Å². The summed E-state index contributed by atoms with van der Waals surface area (Å²) in [5, 5.41) is 11.2. The predicted octanol–water partition coefficient (Wildman–Crippen LogP) is 3.26. The van der Waals surface area contributed by atoms with Gasteiger partial charge in [-0.3, -0.25) is 14.4 Å². The van der Waals surface area contributed by atoms with Crippen LogP contribution in [0.3, 0.4) is 0 Å². The summed E-state index contributed by atoms with van der Waals surface area (Å²) in [7, 11) is 0. The molecule has 2 heterocycles. The molecule has 4 aromatic rings. The van der Waals surface area contributed by atoms with Crippen molar-refractivity contribution < 1.29 is 14.3 Å². The molecule has 1 N–H and O–H groups in total. The van der Waals surface area contributed by atoms with Crippen molar-refractivity contribution in [3.8, 4) is 11.3 Å². The molecule has 0 bridgehead atoms. The normalized spacial score (nSPS) is 10.8. The van der Waals surface area contributed by atoms with Crippen molar-refractivity contribution in [1.82, 2.24) is 14.8 Å². The number of hydrogen-bond acceptors (Lipinski definition) is 7. The van der Waals surface area contributed by atoms with Gasteiger partial charge in [0, 0.05) is 17.0 Å². The van der Waals surface area contributed by atoms with E-state index in [1.165, 1.54) is 17.4 Å². The van der Waals surface area contributed by atoms with Gasteiger partial charge in [-0.15, -0.1) is 11.3 Å². The molecule has 0 aliphatic rings. The van der Waals surface area contributed by atoms with Crippen molar-refractivity contribution in [3.63, 3.8) is 0 Å². The Morgan fingerprint density at radius 1 is 1.09 bits per heavy atom. The fourth-order valence-electron chi connectivity index (χ4n) is 3.17. The summed E-state index contributed by atoms with van der Waals surface area (Å²) in [5.41, 5.74) is 1.57. The van der Waals surface area contributed by atoms with E-state index in [1.54, 1.807) is 18.4 Å². The van der Waals surface area contributed by atoms with Gasteiger partial charge in [-0.1, -0.05) is 36.4 Å². The van der Waals surface area contributed by atoms with Crippen LogP contribution in [-0.4, -0.2) is 33.2 Å². The molecule has 4 rings (SSSR count). The summed E-state index contributed by atoms with van der Waals surface area (Å²) in [6, 6.07) is 16.9. The minimum Gasteiger partial charge on any atom is -0.466 e. The van der Waals surface area contributed by atoms with Crippen molar-refractivity contribution in [2.75, 3.05) is 11.9 Å². The van der Waals surface area contributed by atoms with Gasteiger partial charge in [0.2, 0.25) is 5.91 Å². The summed E-state index contributed by atoms with van der Waals surface area (Å²) in [6.07, 6.45) is 0.0367. The van der Waals surface area contributed by atoms with Crippen LogP contribution < -0.4 is 10.9 Å². The van der Waals surface area contributed by atoms with Gasteiger partial charge < -0.3 is 10.1 Å². The first-order valence-corrected chi connectivity index (χ1v) is 10.9. The number of esters is 1. The van der Waals surface area contributed by atoms with Crippen molar-refractivity contribution >= 4 is 39.1 Å². The molecule has 1 amide bonds. The Morgan fingerprint density at radius 2 is 1.91 bits per heavy atom. The zero-order chi connectivity index (χ0) is 22.5. The molecule has 0 saturated carbocycles. The Hall–Kier alpha value is -3.85. The summed E-state index contributed by atoms with van der Waals surface area (Å²) >= 11 is 1.20. The number of anilines is 1. The number of hydrogen-bond donors (Lipinski definition) is 1. The fraction of sp³-hybridized carbons (Fsp3) is 0.174. The quantitative estimate of drug-likeness (QED) is 0.435. The number of thiazole rings is 1. The molecule has 0 aliphatic carbocycles. The Kier molecular flexibility index (Phi) is 6.37. The number of ether oxygens (including phenoxy) is 1. The van der Waals surface area contributed by atoms with E-state index in [4.69, 9.17) is 4.74 Å². The fourth-order valence-corrected chi connectivity index (χ4v) is 3.89. The molecule has 162 valence electrons. The van der Waals surface area contributed by atoms with Crippen LogP contribution in [0.25, 0.3) is 22.0 Å². The molecule has 0 aliphatic heterocycles. The van der Waals surface area contributed by atoms with E-state index >= 15 is 0 Å². The summed E-state index contributed by atoms with van der Waals surface area (Å²) in [5.74, 6) is -0.816. The SMILES string of the molecule is CCOC(=O)Cc1csc(NC(=O)Cn2nc(-c3ccc4ccccc4c3)ccc2=O)n1. The maximum absolute atomic E-state index is 12.5. The highest BCUT2D eigenvalue weighted by atomic mass is 32.1. The minimum absolute atomic E-state index is 0.0367. The van der Waals surface area contributed by atoms with E-state index in [9.17, 15) is 14.4 Å². The van der Waals surface area contributed by atoms with E-state index in [0.717, 1.165) is 21.0 Å². The Bertz CT molecular complexity index is 1350. The number of carbonyl (C=O) groups excluding carboxylic acids is 2. The van der Waals surface area contributed by atoms with Crippen LogP contribution in [0, 0.1) is 0 Å². The third-order valence-electron chi connectivity index (χ3n) is 4.63. The van der Waals surface area contributed by atoms with E-state index < -0.39 is 5.91 Å². The number of nitrogens with one attached hydrogen (secondary N) is 1. The maximum Gasteiger partial charge on any atom is 0.311 e. The van der Waals surface area contributed by atoms with Crippen LogP contribution in [0.15, 0.2) is 64.8 Å². The minimum atomic E-state index is -0.438. The van der Waals surface area contributed by atoms with E-state index in [0.29, 0.717) is 23.1 Å². The lowest BCUT2D eigenvalue weighted by molar-refractivity contribution is -0.142. The van der Waals surface area contributed by atoms with Crippen LogP contribution in [0.4, 0.5) is 5.13 Å². The van der Waals surface area contributed by atoms with Gasteiger partial charge >= 0.3 is 5.97 Å². The van der Waals surface area contributed by atoms with Crippen molar-refractivity contribution in [1.29, 1.82) is 0 Å². The lowest BCUT2D eigenvalue weighted by Gasteiger charge is -2.08. The van der Waals surface area contributed by atoms with Crippen LogP contribution in [0.2, 0.25) is 0 Å². The average Bonchev–Trinajstić information content (AvgIpc) is 3.21. The number of amides is 1. The number of fused-ring (bicyclic) bond motifs is 1. The predicted molar refractivity (Wildman–Crippen MR) is 123 cm³/mol. The molecule has 8 nitrogen and oxygen atoms in total. The molecule has 32 heavy (non-hydrogen) atoms. The molecule has 0 spiro atoms. The first kappa shape index (κ1) is 21.4. The van der Waals surface area contributed by atoms with Crippen LogP contribution in [0.1, 0.15) is 12.6 Å². The molecule has 0 fully saturated rings. The highest BCUT2D eigenvalue weighted by Gasteiger charge is 2.12. The second-order valence-corrected chi connectivity index (χ2v) is 7.81. The van der Waals surface area contributed by atoms with Gasteiger partial charge in [-0.25, -0.2) is 9.67 Å². The second-order valence-electron chi connectivity index (χ2n) is 6.95. The third kappa shape index (κ3) is 5.06. The second kappa shape index (κ2) is 9.52. The van der Waals surface area contributed by atoms with E-state index in [2.05, 4.69) is 15.4 Å². The molecular weight excluding hydrogens is 428 g/mol. The Morgan fingerprint density at radius 3 is 2.72 bits per heavy atom. The number of carbonyl (C=O) groups is 2. The number of aromatic nitrogens is 3. The molecule has 0 radical (unpaired) electrons. The molecular formula is C23H20N4O4S. The largest absolute Gasteiger partial charge is 0.466 e. The van der Waals surface area contributed by atoms with Crippen LogP contribution in [0.5, 0.6) is 0 Å². The Balaban J connectivity index is 1.47. The van der Waals surface area contributed by atoms with Crippen molar-refractivity contribution in [2.24, 2.45) is 0 Å². The first-order valence-electron chi connectivity index (χ1n) is 9.99. The number of benzene rings is 2. The summed E-state index contributed by atoms with van der Waals surface area (Å²) in [6.45, 7) is 1.77. The van der Waals surface area contributed by atoms with Crippen LogP contribution in [-0.2, 0) is 27.3 Å². The lowest BCUT2D eigenvalue weighted by Crippen LogP contribution is -2.29. The van der Waals surface area contributed by atoms with Gasteiger partial charge in [0.1, 0.15) is 6.54 Å². The molecule has 0 unspecified atom stereocenters.